The van der Waals surface area contributed by atoms with Gasteiger partial charge in [-0.05, 0) is 29.7 Å². The van der Waals surface area contributed by atoms with Gasteiger partial charge in [-0.15, -0.1) is 0 Å². The standard InChI is InChI=1S/C15H19ClF3N3O2Si/c1-14(2,3)25(4,5)24-8-6-7-10-9-20-13(16)22-11(10)21-12(23)15(17,18)19/h9H,8H2,1-5H3,(H,20,21,22,23). The SMILES string of the molecule is CC(C)(C)[Si](C)(C)OCC#Cc1cnc(Cl)nc1NC(=O)C(F)(F)F. The molecule has 0 aliphatic rings. The van der Waals surface area contributed by atoms with Crippen LogP contribution in [0.3, 0.4) is 0 Å². The molecule has 0 saturated heterocycles. The van der Waals surface area contributed by atoms with Crippen LogP contribution in [0.25, 0.3) is 0 Å². The zero-order valence-corrected chi connectivity index (χ0v) is 16.3. The van der Waals surface area contributed by atoms with Gasteiger partial charge < -0.3 is 9.74 Å². The van der Waals surface area contributed by atoms with Crippen molar-refractivity contribution in [1.82, 2.24) is 9.97 Å². The van der Waals surface area contributed by atoms with Gasteiger partial charge in [-0.3, -0.25) is 4.79 Å². The molecule has 25 heavy (non-hydrogen) atoms. The minimum absolute atomic E-state index is 0.00388. The normalized spacial score (nSPS) is 12.4. The number of hydrogen-bond donors (Lipinski definition) is 1. The smallest absolute Gasteiger partial charge is 0.406 e. The predicted octanol–water partition coefficient (Wildman–Crippen LogP) is 4.00. The maximum atomic E-state index is 12.4. The first-order chi connectivity index (χ1) is 11.2. The molecule has 0 unspecified atom stereocenters. The molecule has 0 aliphatic carbocycles. The van der Waals surface area contributed by atoms with E-state index in [0.29, 0.717) is 0 Å². The van der Waals surface area contributed by atoms with Gasteiger partial charge in [0.15, 0.2) is 14.1 Å². The van der Waals surface area contributed by atoms with Gasteiger partial charge >= 0.3 is 12.1 Å². The summed E-state index contributed by atoms with van der Waals surface area (Å²) in [4.78, 5) is 18.3. The fourth-order valence-corrected chi connectivity index (χ4v) is 2.29. The number of halogens is 4. The molecular weight excluding hydrogens is 375 g/mol. The molecule has 5 nitrogen and oxygen atoms in total. The Morgan fingerprint density at radius 2 is 1.96 bits per heavy atom. The van der Waals surface area contributed by atoms with Crippen LogP contribution in [0, 0.1) is 11.8 Å². The van der Waals surface area contributed by atoms with Crippen molar-refractivity contribution in [2.45, 2.75) is 45.1 Å². The number of rotatable bonds is 3. The van der Waals surface area contributed by atoms with Crippen molar-refractivity contribution in [2.24, 2.45) is 0 Å². The quantitative estimate of drug-likeness (QED) is 0.479. The third kappa shape index (κ3) is 6.30. The van der Waals surface area contributed by atoms with Crippen LogP contribution in [0.4, 0.5) is 19.0 Å². The Kier molecular flexibility index (Phi) is 6.61. The van der Waals surface area contributed by atoms with Crippen molar-refractivity contribution in [3.8, 4) is 11.8 Å². The number of nitrogens with one attached hydrogen (secondary N) is 1. The summed E-state index contributed by atoms with van der Waals surface area (Å²) in [6, 6.07) is 0. The highest BCUT2D eigenvalue weighted by atomic mass is 35.5. The van der Waals surface area contributed by atoms with Crippen LogP contribution < -0.4 is 5.32 Å². The highest BCUT2D eigenvalue weighted by molar-refractivity contribution is 6.74. The molecule has 1 aromatic rings. The number of carbonyl (C=O) groups is 1. The van der Waals surface area contributed by atoms with E-state index in [1.807, 2.05) is 0 Å². The van der Waals surface area contributed by atoms with Crippen LogP contribution in [-0.4, -0.2) is 37.0 Å². The maximum Gasteiger partial charge on any atom is 0.471 e. The van der Waals surface area contributed by atoms with Gasteiger partial charge in [-0.25, -0.2) is 4.98 Å². The number of hydrogen-bond acceptors (Lipinski definition) is 4. The number of carbonyl (C=O) groups excluding carboxylic acids is 1. The molecule has 1 rings (SSSR count). The first kappa shape index (κ1) is 21.4. The van der Waals surface area contributed by atoms with Crippen LogP contribution in [0.2, 0.25) is 23.4 Å². The molecule has 1 N–H and O–H groups in total. The topological polar surface area (TPSA) is 64.1 Å². The zero-order valence-electron chi connectivity index (χ0n) is 14.5. The van der Waals surface area contributed by atoms with Crippen molar-refractivity contribution in [3.63, 3.8) is 0 Å². The number of nitrogens with zero attached hydrogens (tertiary/aromatic N) is 2. The molecule has 1 aromatic heterocycles. The summed E-state index contributed by atoms with van der Waals surface area (Å²) in [5.41, 5.74) is 0.0147. The second-order valence-corrected chi connectivity index (χ2v) is 11.9. The molecule has 0 spiro atoms. The lowest BCUT2D eigenvalue weighted by atomic mass is 10.2. The molecule has 0 fully saturated rings. The summed E-state index contributed by atoms with van der Waals surface area (Å²) >= 11 is 5.56. The molecule has 0 atom stereocenters. The Hall–Kier alpha value is -1.63. The monoisotopic (exact) mass is 393 g/mol. The second kappa shape index (κ2) is 7.72. The molecule has 1 heterocycles. The first-order valence-corrected chi connectivity index (χ1v) is 10.6. The first-order valence-electron chi connectivity index (χ1n) is 7.27. The van der Waals surface area contributed by atoms with Gasteiger partial charge in [0.05, 0.1) is 12.2 Å². The Balaban J connectivity index is 2.92. The summed E-state index contributed by atoms with van der Waals surface area (Å²) in [5, 5.41) is 1.34. The third-order valence-corrected chi connectivity index (χ3v) is 8.44. The van der Waals surface area contributed by atoms with Crippen molar-refractivity contribution in [3.05, 3.63) is 17.0 Å². The van der Waals surface area contributed by atoms with Gasteiger partial charge in [-0.1, -0.05) is 32.6 Å². The van der Waals surface area contributed by atoms with E-state index in [9.17, 15) is 18.0 Å². The average Bonchev–Trinajstić information content (AvgIpc) is 2.43. The van der Waals surface area contributed by atoms with Crippen molar-refractivity contribution in [1.29, 1.82) is 0 Å². The third-order valence-electron chi connectivity index (χ3n) is 3.78. The van der Waals surface area contributed by atoms with E-state index >= 15 is 0 Å². The van der Waals surface area contributed by atoms with E-state index in [1.165, 1.54) is 0 Å². The van der Waals surface area contributed by atoms with Crippen molar-refractivity contribution in [2.75, 3.05) is 11.9 Å². The van der Waals surface area contributed by atoms with Gasteiger partial charge in [0, 0.05) is 6.20 Å². The van der Waals surface area contributed by atoms with Crippen molar-refractivity contribution < 1.29 is 22.4 Å². The van der Waals surface area contributed by atoms with Crippen LogP contribution in [0.1, 0.15) is 26.3 Å². The van der Waals surface area contributed by atoms with Crippen LogP contribution >= 0.6 is 11.6 Å². The van der Waals surface area contributed by atoms with Crippen molar-refractivity contribution >= 4 is 31.6 Å². The number of amides is 1. The summed E-state index contributed by atoms with van der Waals surface area (Å²) in [6.07, 6.45) is -3.91. The van der Waals surface area contributed by atoms with Gasteiger partial charge in [0.1, 0.15) is 0 Å². The van der Waals surface area contributed by atoms with Crippen LogP contribution in [0.15, 0.2) is 6.20 Å². The second-order valence-electron chi connectivity index (χ2n) is 6.70. The highest BCUT2D eigenvalue weighted by Gasteiger charge is 2.39. The number of anilines is 1. The minimum Gasteiger partial charge on any atom is -0.406 e. The van der Waals surface area contributed by atoms with E-state index in [1.54, 1.807) is 5.32 Å². The Bertz CT molecular complexity index is 707. The lowest BCUT2D eigenvalue weighted by Crippen LogP contribution is -2.40. The van der Waals surface area contributed by atoms with E-state index in [2.05, 4.69) is 55.7 Å². The predicted molar refractivity (Wildman–Crippen MR) is 91.8 cm³/mol. The molecule has 0 saturated carbocycles. The molecule has 0 bridgehead atoms. The van der Waals surface area contributed by atoms with E-state index in [0.717, 1.165) is 6.20 Å². The Morgan fingerprint density at radius 1 is 1.36 bits per heavy atom. The fourth-order valence-electron chi connectivity index (χ4n) is 1.29. The molecule has 0 aromatic carbocycles. The summed E-state index contributed by atoms with van der Waals surface area (Å²) in [6.45, 7) is 10.4. The lowest BCUT2D eigenvalue weighted by Gasteiger charge is -2.35. The molecule has 0 aliphatic heterocycles. The van der Waals surface area contributed by atoms with Gasteiger partial charge in [0.25, 0.3) is 0 Å². The van der Waals surface area contributed by atoms with E-state index in [-0.39, 0.29) is 22.5 Å². The molecular formula is C15H19ClF3N3O2Si. The maximum absolute atomic E-state index is 12.4. The largest absolute Gasteiger partial charge is 0.471 e. The van der Waals surface area contributed by atoms with E-state index in [4.69, 9.17) is 16.0 Å². The van der Waals surface area contributed by atoms with Gasteiger partial charge in [0.2, 0.25) is 5.28 Å². The fraction of sp³-hybridized carbons (Fsp3) is 0.533. The summed E-state index contributed by atoms with van der Waals surface area (Å²) in [7, 11) is -1.99. The molecule has 0 radical (unpaired) electrons. The molecule has 10 heteroatoms. The van der Waals surface area contributed by atoms with Crippen LogP contribution in [-0.2, 0) is 9.22 Å². The summed E-state index contributed by atoms with van der Waals surface area (Å²) < 4.78 is 43.0. The average molecular weight is 394 g/mol. The van der Waals surface area contributed by atoms with E-state index < -0.39 is 26.2 Å². The number of alkyl halides is 3. The van der Waals surface area contributed by atoms with Gasteiger partial charge in [-0.2, -0.15) is 18.2 Å². The lowest BCUT2D eigenvalue weighted by molar-refractivity contribution is -0.167. The molecule has 138 valence electrons. The summed E-state index contributed by atoms with van der Waals surface area (Å²) in [5.74, 6) is 2.75. The number of aromatic nitrogens is 2. The Labute approximate surface area is 150 Å². The highest BCUT2D eigenvalue weighted by Crippen LogP contribution is 2.36. The molecule has 1 amide bonds. The zero-order chi connectivity index (χ0) is 19.5. The minimum atomic E-state index is -5.05. The Morgan fingerprint density at radius 3 is 2.48 bits per heavy atom. The van der Waals surface area contributed by atoms with Crippen LogP contribution in [0.5, 0.6) is 0 Å².